The number of aliphatic hydroxyl groups excluding tert-OH is 1. The normalized spacial score (nSPS) is 25.6. The Bertz CT molecular complexity index is 1530. The monoisotopic (exact) mass is 607 g/mol. The highest BCUT2D eigenvalue weighted by atomic mass is 32.2. The van der Waals surface area contributed by atoms with Crippen LogP contribution < -0.4 is 4.72 Å². The SMILES string of the molecule is Cc1nc2ccccc2n1C1C[C@H]2CC[C@@H](C1)N2CCC1(c2ccccc2)CCN(C(=O)[C@@H](NS(C)(=O)=O)[C@@H](C)O)CC1. The fourth-order valence-corrected chi connectivity index (χ4v) is 8.96. The number of nitrogens with one attached hydrogen (secondary N) is 1. The number of aryl methyl sites for hydroxylation is 1. The van der Waals surface area contributed by atoms with Crippen molar-refractivity contribution in [2.75, 3.05) is 25.9 Å². The molecule has 43 heavy (non-hydrogen) atoms. The van der Waals surface area contributed by atoms with Gasteiger partial charge in [0.2, 0.25) is 15.9 Å². The molecule has 0 aliphatic carbocycles. The average molecular weight is 608 g/mol. The number of para-hydroxylation sites is 2. The summed E-state index contributed by atoms with van der Waals surface area (Å²) in [5.74, 6) is 0.748. The van der Waals surface area contributed by atoms with E-state index in [1.54, 1.807) is 4.90 Å². The number of rotatable bonds is 9. The van der Waals surface area contributed by atoms with Crippen molar-refractivity contribution in [1.82, 2.24) is 24.1 Å². The highest BCUT2D eigenvalue weighted by Gasteiger charge is 2.44. The van der Waals surface area contributed by atoms with Gasteiger partial charge < -0.3 is 14.6 Å². The van der Waals surface area contributed by atoms with Crippen LogP contribution in [0.25, 0.3) is 11.0 Å². The largest absolute Gasteiger partial charge is 0.391 e. The number of benzene rings is 2. The summed E-state index contributed by atoms with van der Waals surface area (Å²) < 4.78 is 28.6. The van der Waals surface area contributed by atoms with Crippen molar-refractivity contribution in [2.45, 2.75) is 94.5 Å². The lowest BCUT2D eigenvalue weighted by atomic mass is 9.70. The molecule has 1 unspecified atom stereocenters. The number of likely N-dealkylation sites (tertiary alicyclic amines) is 1. The maximum atomic E-state index is 13.3. The van der Waals surface area contributed by atoms with E-state index in [2.05, 4.69) is 69.6 Å². The zero-order valence-electron chi connectivity index (χ0n) is 25.5. The number of nitrogens with zero attached hydrogens (tertiary/aromatic N) is 4. The molecule has 9 nitrogen and oxygen atoms in total. The summed E-state index contributed by atoms with van der Waals surface area (Å²) >= 11 is 0. The highest BCUT2D eigenvalue weighted by Crippen LogP contribution is 2.45. The third-order valence-corrected chi connectivity index (χ3v) is 11.0. The Morgan fingerprint density at radius 1 is 1.02 bits per heavy atom. The van der Waals surface area contributed by atoms with Crippen molar-refractivity contribution in [2.24, 2.45) is 0 Å². The Kier molecular flexibility index (Phi) is 8.41. The van der Waals surface area contributed by atoms with Gasteiger partial charge in [-0.15, -0.1) is 0 Å². The van der Waals surface area contributed by atoms with Crippen molar-refractivity contribution >= 4 is 27.0 Å². The summed E-state index contributed by atoms with van der Waals surface area (Å²) in [7, 11) is -3.64. The third-order valence-electron chi connectivity index (χ3n) is 10.4. The highest BCUT2D eigenvalue weighted by molar-refractivity contribution is 7.88. The fourth-order valence-electron chi connectivity index (χ4n) is 8.20. The second kappa shape index (κ2) is 12.0. The molecule has 3 aliphatic rings. The smallest absolute Gasteiger partial charge is 0.243 e. The predicted octanol–water partition coefficient (Wildman–Crippen LogP) is 3.76. The molecule has 2 aromatic carbocycles. The van der Waals surface area contributed by atoms with E-state index in [1.807, 2.05) is 6.07 Å². The second-order valence-corrected chi connectivity index (χ2v) is 14.9. The number of carbonyl (C=O) groups is 1. The number of hydrogen-bond donors (Lipinski definition) is 2. The van der Waals surface area contributed by atoms with Gasteiger partial charge in [0, 0.05) is 31.2 Å². The zero-order valence-corrected chi connectivity index (χ0v) is 26.3. The number of piperidine rings is 2. The van der Waals surface area contributed by atoms with Crippen LogP contribution in [0, 0.1) is 6.92 Å². The molecule has 5 atom stereocenters. The Balaban J connectivity index is 1.16. The Morgan fingerprint density at radius 3 is 2.28 bits per heavy atom. The first kappa shape index (κ1) is 30.2. The van der Waals surface area contributed by atoms with Crippen LogP contribution in [0.3, 0.4) is 0 Å². The quantitative estimate of drug-likeness (QED) is 0.384. The summed E-state index contributed by atoms with van der Waals surface area (Å²) in [6, 6.07) is 19.6. The summed E-state index contributed by atoms with van der Waals surface area (Å²) in [6.45, 7) is 5.68. The molecule has 6 rings (SSSR count). The minimum absolute atomic E-state index is 0.0595. The van der Waals surface area contributed by atoms with Gasteiger partial charge >= 0.3 is 0 Å². The van der Waals surface area contributed by atoms with Gasteiger partial charge in [-0.2, -0.15) is 0 Å². The van der Waals surface area contributed by atoms with E-state index in [4.69, 9.17) is 4.98 Å². The van der Waals surface area contributed by atoms with E-state index in [0.717, 1.165) is 56.2 Å². The molecule has 3 aliphatic heterocycles. The second-order valence-electron chi connectivity index (χ2n) is 13.1. The predicted molar refractivity (Wildman–Crippen MR) is 168 cm³/mol. The average Bonchev–Trinajstić information content (AvgIpc) is 3.45. The van der Waals surface area contributed by atoms with Crippen LogP contribution >= 0.6 is 0 Å². The molecule has 1 aromatic heterocycles. The minimum Gasteiger partial charge on any atom is -0.391 e. The maximum Gasteiger partial charge on any atom is 0.243 e. The van der Waals surface area contributed by atoms with E-state index < -0.39 is 22.2 Å². The minimum atomic E-state index is -3.64. The summed E-state index contributed by atoms with van der Waals surface area (Å²) in [6.07, 6.45) is 7.29. The van der Waals surface area contributed by atoms with E-state index >= 15 is 0 Å². The number of fused-ring (bicyclic) bond motifs is 3. The van der Waals surface area contributed by atoms with Gasteiger partial charge in [-0.05, 0) is 88.4 Å². The number of sulfonamides is 1. The number of carbonyl (C=O) groups excluding carboxylic acids is 1. The van der Waals surface area contributed by atoms with E-state index in [9.17, 15) is 18.3 Å². The topological polar surface area (TPSA) is 108 Å². The molecule has 2 N–H and O–H groups in total. The molecule has 1 amide bonds. The first-order chi connectivity index (χ1) is 20.5. The first-order valence-electron chi connectivity index (χ1n) is 15.7. The number of aromatic nitrogens is 2. The van der Waals surface area contributed by atoms with Crippen molar-refractivity contribution < 1.29 is 18.3 Å². The van der Waals surface area contributed by atoms with Crippen LogP contribution in [0.1, 0.15) is 69.3 Å². The van der Waals surface area contributed by atoms with Gasteiger partial charge in [0.1, 0.15) is 11.9 Å². The first-order valence-corrected chi connectivity index (χ1v) is 17.6. The molecule has 3 saturated heterocycles. The molecular weight excluding hydrogens is 562 g/mol. The van der Waals surface area contributed by atoms with E-state index in [1.165, 1.54) is 30.8 Å². The molecule has 2 bridgehead atoms. The summed E-state index contributed by atoms with van der Waals surface area (Å²) in [4.78, 5) is 22.7. The van der Waals surface area contributed by atoms with Gasteiger partial charge in [-0.1, -0.05) is 42.5 Å². The number of amides is 1. The van der Waals surface area contributed by atoms with Crippen LogP contribution in [0.5, 0.6) is 0 Å². The van der Waals surface area contributed by atoms with Crippen molar-refractivity contribution in [3.05, 3.63) is 66.0 Å². The Labute approximate surface area is 255 Å². The number of aliphatic hydroxyl groups is 1. The van der Waals surface area contributed by atoms with Crippen molar-refractivity contribution in [3.8, 4) is 0 Å². The zero-order chi connectivity index (χ0) is 30.4. The van der Waals surface area contributed by atoms with Crippen molar-refractivity contribution in [1.29, 1.82) is 0 Å². The molecule has 0 saturated carbocycles. The number of hydrogen-bond acceptors (Lipinski definition) is 6. The summed E-state index contributed by atoms with van der Waals surface area (Å²) in [5, 5.41) is 10.2. The van der Waals surface area contributed by atoms with Crippen molar-refractivity contribution in [3.63, 3.8) is 0 Å². The Morgan fingerprint density at radius 2 is 1.65 bits per heavy atom. The fraction of sp³-hybridized carbons (Fsp3) is 0.576. The van der Waals surface area contributed by atoms with Gasteiger partial charge in [-0.25, -0.2) is 18.1 Å². The molecular formula is C33H45N5O4S. The molecule has 10 heteroatoms. The standard InChI is InChI=1S/C33H45N5O4S/c1-23(39)31(35-43(3,41)42)32(40)36-18-15-33(16-19-36,25-9-5-4-6-10-25)17-20-37-26-13-14-27(37)22-28(21-26)38-24(2)34-29-11-7-8-12-30(29)38/h4-12,23,26-28,31,35,39H,13-22H2,1-3H3/t23-,26-,27+,28?,31+/m1/s1. The van der Waals surface area contributed by atoms with Gasteiger partial charge in [0.05, 0.1) is 23.4 Å². The van der Waals surface area contributed by atoms with Crippen LogP contribution in [0.2, 0.25) is 0 Å². The van der Waals surface area contributed by atoms with Gasteiger partial charge in [0.25, 0.3) is 0 Å². The lowest BCUT2D eigenvalue weighted by molar-refractivity contribution is -0.137. The van der Waals surface area contributed by atoms with E-state index in [-0.39, 0.29) is 11.3 Å². The lowest BCUT2D eigenvalue weighted by Gasteiger charge is -2.46. The van der Waals surface area contributed by atoms with E-state index in [0.29, 0.717) is 31.2 Å². The molecule has 0 spiro atoms. The lowest BCUT2D eigenvalue weighted by Crippen LogP contribution is -2.56. The number of imidazole rings is 1. The molecule has 4 heterocycles. The van der Waals surface area contributed by atoms with Crippen LogP contribution in [-0.4, -0.2) is 88.9 Å². The molecule has 3 aromatic rings. The van der Waals surface area contributed by atoms with Gasteiger partial charge in [-0.3, -0.25) is 9.69 Å². The van der Waals surface area contributed by atoms with Crippen LogP contribution in [-0.2, 0) is 20.2 Å². The maximum absolute atomic E-state index is 13.3. The Hall–Kier alpha value is -2.79. The van der Waals surface area contributed by atoms with Gasteiger partial charge in [0.15, 0.2) is 0 Å². The summed E-state index contributed by atoms with van der Waals surface area (Å²) in [5.41, 5.74) is 3.57. The molecule has 3 fully saturated rings. The van der Waals surface area contributed by atoms with Crippen LogP contribution in [0.4, 0.5) is 0 Å². The molecule has 0 radical (unpaired) electrons. The third kappa shape index (κ3) is 6.12. The van der Waals surface area contributed by atoms with Crippen LogP contribution in [0.15, 0.2) is 54.6 Å². The molecule has 232 valence electrons.